The van der Waals surface area contributed by atoms with Crippen molar-refractivity contribution in [1.29, 1.82) is 0 Å². The number of hydrogen-bond donors (Lipinski definition) is 0. The van der Waals surface area contributed by atoms with Crippen molar-refractivity contribution in [3.8, 4) is 0 Å². The first-order valence-corrected chi connectivity index (χ1v) is 3.03. The third kappa shape index (κ3) is 35.5. The quantitative estimate of drug-likeness (QED) is 0.553. The number of halogens is 3. The highest BCUT2D eigenvalue weighted by Gasteiger charge is 2.05. The largest absolute Gasteiger partial charge is 0.150 e. The predicted molar refractivity (Wildman–Crippen MR) is 32.1 cm³/mol. The van der Waals surface area contributed by atoms with Crippen molar-refractivity contribution in [3.63, 3.8) is 0 Å². The fourth-order valence-corrected chi connectivity index (χ4v) is 0. The van der Waals surface area contributed by atoms with E-state index < -0.39 is 2.69 Å². The van der Waals surface area contributed by atoms with Gasteiger partial charge >= 0.3 is 0 Å². The molecule has 0 heterocycles. The Morgan fingerprint density at radius 2 is 1.60 bits per heavy atom. The Hall–Kier alpha value is 1.25. The van der Waals surface area contributed by atoms with Gasteiger partial charge < -0.3 is 0 Å². The van der Waals surface area contributed by atoms with E-state index in [9.17, 15) is 0 Å². The molecule has 0 saturated heterocycles. The van der Waals surface area contributed by atoms with Crippen LogP contribution in [0.2, 0.25) is 0 Å². The molecule has 0 unspecified atom stereocenters. The van der Waals surface area contributed by atoms with Crippen molar-refractivity contribution >= 4 is 43.5 Å². The standard InChI is InChI=1S/C2H3Br2Cl/c1-2(3,4)5/h1H3. The molecular weight excluding hydrogens is 219 g/mol. The van der Waals surface area contributed by atoms with Gasteiger partial charge in [0.1, 0.15) is 0 Å². The van der Waals surface area contributed by atoms with Crippen LogP contribution in [0.5, 0.6) is 0 Å². The summed E-state index contributed by atoms with van der Waals surface area (Å²) in [7, 11) is 0. The molecule has 0 fully saturated rings. The van der Waals surface area contributed by atoms with E-state index in [-0.39, 0.29) is 0 Å². The molecule has 0 N–H and O–H groups in total. The SMILES string of the molecule is CC(Cl)(Br)Br. The van der Waals surface area contributed by atoms with Gasteiger partial charge in [-0.25, -0.2) is 0 Å². The van der Waals surface area contributed by atoms with Crippen LogP contribution in [-0.4, -0.2) is 2.69 Å². The van der Waals surface area contributed by atoms with Crippen molar-refractivity contribution in [1.82, 2.24) is 0 Å². The second-order valence-corrected chi connectivity index (χ2v) is 6.69. The first kappa shape index (κ1) is 6.25. The molecule has 0 aliphatic rings. The molecule has 0 aromatic carbocycles. The van der Waals surface area contributed by atoms with Crippen molar-refractivity contribution in [3.05, 3.63) is 0 Å². The highest BCUT2D eigenvalue weighted by molar-refractivity contribution is 9.26. The van der Waals surface area contributed by atoms with Crippen molar-refractivity contribution in [2.24, 2.45) is 0 Å². The molecule has 0 radical (unpaired) electrons. The molecule has 0 rings (SSSR count). The number of hydrogen-bond acceptors (Lipinski definition) is 0. The first-order chi connectivity index (χ1) is 2.00. The second kappa shape index (κ2) is 1.80. The highest BCUT2D eigenvalue weighted by atomic mass is 79.9. The Labute approximate surface area is 53.1 Å². The van der Waals surface area contributed by atoms with Crippen LogP contribution in [0.3, 0.4) is 0 Å². The zero-order chi connectivity index (χ0) is 4.50. The molecule has 0 atom stereocenters. The highest BCUT2D eigenvalue weighted by Crippen LogP contribution is 2.28. The van der Waals surface area contributed by atoms with Crippen LogP contribution in [-0.2, 0) is 0 Å². The van der Waals surface area contributed by atoms with E-state index >= 15 is 0 Å². The Bertz CT molecular complexity index is 23.1. The fourth-order valence-electron chi connectivity index (χ4n) is 0. The molecule has 0 aliphatic heterocycles. The van der Waals surface area contributed by atoms with E-state index in [0.29, 0.717) is 0 Å². The Kier molecular flexibility index (Phi) is 2.26. The summed E-state index contributed by atoms with van der Waals surface area (Å²) in [5, 5.41) is 0. The predicted octanol–water partition coefficient (Wildman–Crippen LogP) is 2.69. The number of rotatable bonds is 0. The molecule has 0 aromatic rings. The molecule has 5 heavy (non-hydrogen) atoms. The summed E-state index contributed by atoms with van der Waals surface area (Å²) in [6, 6.07) is 0. The normalized spacial score (nSPS) is 12.0. The number of alkyl halides is 3. The molecule has 32 valence electrons. The molecule has 0 spiro atoms. The van der Waals surface area contributed by atoms with Crippen molar-refractivity contribution in [2.45, 2.75) is 9.62 Å². The molecule has 0 bridgehead atoms. The first-order valence-electron chi connectivity index (χ1n) is 1.07. The van der Waals surface area contributed by atoms with Gasteiger partial charge in [0, 0.05) is 0 Å². The Morgan fingerprint density at radius 1 is 1.60 bits per heavy atom. The lowest BCUT2D eigenvalue weighted by Crippen LogP contribution is -1.84. The van der Waals surface area contributed by atoms with E-state index in [4.69, 9.17) is 11.6 Å². The van der Waals surface area contributed by atoms with Gasteiger partial charge in [-0.3, -0.25) is 0 Å². The van der Waals surface area contributed by atoms with E-state index in [1.54, 1.807) is 6.92 Å². The van der Waals surface area contributed by atoms with Gasteiger partial charge in [-0.2, -0.15) is 0 Å². The average Bonchev–Trinajstić information content (AvgIpc) is 0.722. The van der Waals surface area contributed by atoms with Gasteiger partial charge in [0.2, 0.25) is 0 Å². The lowest BCUT2D eigenvalue weighted by atomic mass is 11.0. The summed E-state index contributed by atoms with van der Waals surface area (Å²) >= 11 is 11.5. The van der Waals surface area contributed by atoms with Crippen LogP contribution in [0, 0.1) is 0 Å². The summed E-state index contributed by atoms with van der Waals surface area (Å²) in [5.41, 5.74) is 0. The molecule has 0 amide bonds. The van der Waals surface area contributed by atoms with Crippen LogP contribution < -0.4 is 0 Å². The minimum absolute atomic E-state index is 0.403. The summed E-state index contributed by atoms with van der Waals surface area (Å²) in [5.74, 6) is 0. The topological polar surface area (TPSA) is 0 Å². The Balaban J connectivity index is 3.02. The zero-order valence-corrected chi connectivity index (χ0v) is 6.56. The third-order valence-corrected chi connectivity index (χ3v) is 0. The lowest BCUT2D eigenvalue weighted by molar-refractivity contribution is 1.37. The Morgan fingerprint density at radius 3 is 1.60 bits per heavy atom. The van der Waals surface area contributed by atoms with E-state index in [1.165, 1.54) is 0 Å². The van der Waals surface area contributed by atoms with E-state index in [2.05, 4.69) is 31.9 Å². The van der Waals surface area contributed by atoms with Gasteiger partial charge in [0.15, 0.2) is 2.69 Å². The van der Waals surface area contributed by atoms with Crippen molar-refractivity contribution in [2.75, 3.05) is 0 Å². The molecular formula is C2H3Br2Cl. The zero-order valence-electron chi connectivity index (χ0n) is 2.63. The average molecular weight is 222 g/mol. The molecule has 0 aromatic heterocycles. The molecule has 0 saturated carbocycles. The second-order valence-electron chi connectivity index (χ2n) is 0.781. The molecule has 0 aliphatic carbocycles. The summed E-state index contributed by atoms with van der Waals surface area (Å²) in [6.45, 7) is 1.79. The van der Waals surface area contributed by atoms with Crippen LogP contribution in [0.4, 0.5) is 0 Å². The molecule has 3 heteroatoms. The third-order valence-electron chi connectivity index (χ3n) is 0. The van der Waals surface area contributed by atoms with Gasteiger partial charge in [-0.05, 0) is 6.92 Å². The van der Waals surface area contributed by atoms with Gasteiger partial charge in [-0.15, -0.1) is 0 Å². The van der Waals surface area contributed by atoms with E-state index in [0.717, 1.165) is 0 Å². The van der Waals surface area contributed by atoms with Gasteiger partial charge in [-0.1, -0.05) is 43.5 Å². The minimum Gasteiger partial charge on any atom is -0.0943 e. The maximum Gasteiger partial charge on any atom is 0.150 e. The van der Waals surface area contributed by atoms with Crippen LogP contribution in [0.25, 0.3) is 0 Å². The summed E-state index contributed by atoms with van der Waals surface area (Å²) < 4.78 is -0.403. The smallest absolute Gasteiger partial charge is 0.0943 e. The summed E-state index contributed by atoms with van der Waals surface area (Å²) in [4.78, 5) is 0. The monoisotopic (exact) mass is 220 g/mol. The minimum atomic E-state index is -0.403. The van der Waals surface area contributed by atoms with Crippen LogP contribution in [0.15, 0.2) is 0 Å². The van der Waals surface area contributed by atoms with Crippen LogP contribution >= 0.6 is 43.5 Å². The van der Waals surface area contributed by atoms with Gasteiger partial charge in [0.25, 0.3) is 0 Å². The van der Waals surface area contributed by atoms with E-state index in [1.807, 2.05) is 0 Å². The maximum absolute atomic E-state index is 5.36. The molecule has 0 nitrogen and oxygen atoms in total. The van der Waals surface area contributed by atoms with Crippen molar-refractivity contribution < 1.29 is 0 Å². The summed E-state index contributed by atoms with van der Waals surface area (Å²) in [6.07, 6.45) is 0. The maximum atomic E-state index is 5.36. The lowest BCUT2D eigenvalue weighted by Gasteiger charge is -1.95. The fraction of sp³-hybridized carbons (Fsp3) is 1.00. The van der Waals surface area contributed by atoms with Gasteiger partial charge in [0.05, 0.1) is 0 Å². The van der Waals surface area contributed by atoms with Crippen LogP contribution in [0.1, 0.15) is 6.92 Å².